The lowest BCUT2D eigenvalue weighted by atomic mass is 10.1. The Balaban J connectivity index is 1.60. The van der Waals surface area contributed by atoms with E-state index in [-0.39, 0.29) is 11.2 Å². The number of benzene rings is 3. The van der Waals surface area contributed by atoms with E-state index in [9.17, 15) is 4.79 Å². The number of hydrogen-bond donors (Lipinski definition) is 2. The van der Waals surface area contributed by atoms with E-state index in [2.05, 4.69) is 15.5 Å². The van der Waals surface area contributed by atoms with Gasteiger partial charge in [-0.05, 0) is 35.9 Å². The second kappa shape index (κ2) is 7.45. The molecular formula is C21H17N3OS. The van der Waals surface area contributed by atoms with Gasteiger partial charge in [0, 0.05) is 16.0 Å². The number of aromatic amines is 1. The minimum Gasteiger partial charge on any atom is -0.325 e. The predicted molar refractivity (Wildman–Crippen MR) is 106 cm³/mol. The van der Waals surface area contributed by atoms with E-state index >= 15 is 0 Å². The van der Waals surface area contributed by atoms with Crippen molar-refractivity contribution in [2.45, 2.75) is 10.1 Å². The first-order chi connectivity index (χ1) is 12.8. The van der Waals surface area contributed by atoms with Crippen LogP contribution >= 0.6 is 11.8 Å². The molecule has 0 fully saturated rings. The second-order valence-corrected chi connectivity index (χ2v) is 7.06. The van der Waals surface area contributed by atoms with Crippen LogP contribution in [0.2, 0.25) is 0 Å². The molecule has 26 heavy (non-hydrogen) atoms. The maximum Gasteiger partial charge on any atom is 0.242 e. The van der Waals surface area contributed by atoms with Gasteiger partial charge in [0.05, 0.1) is 11.7 Å². The molecular weight excluding hydrogens is 342 g/mol. The van der Waals surface area contributed by atoms with Gasteiger partial charge in [-0.3, -0.25) is 9.89 Å². The molecule has 2 N–H and O–H groups in total. The number of anilines is 1. The van der Waals surface area contributed by atoms with Crippen LogP contribution in [0.25, 0.3) is 10.9 Å². The molecule has 5 heteroatoms. The van der Waals surface area contributed by atoms with Gasteiger partial charge in [-0.15, -0.1) is 11.8 Å². The Bertz CT molecular complexity index is 1020. The quantitative estimate of drug-likeness (QED) is 0.491. The maximum atomic E-state index is 13.0. The number of nitrogens with zero attached hydrogens (tertiary/aromatic N) is 1. The standard InChI is InChI=1S/C21H17N3OS/c25-21(23-17-11-12-19-16(13-17)14-22-24-19)20(15-7-3-1-4-8-15)26-18-9-5-2-6-10-18/h1-14,20H,(H,22,24)(H,23,25). The lowest BCUT2D eigenvalue weighted by Gasteiger charge is -2.17. The summed E-state index contributed by atoms with van der Waals surface area (Å²) in [6.45, 7) is 0. The summed E-state index contributed by atoms with van der Waals surface area (Å²) in [5.74, 6) is -0.0482. The molecule has 128 valence electrons. The molecule has 0 aliphatic heterocycles. The number of hydrogen-bond acceptors (Lipinski definition) is 3. The molecule has 3 aromatic carbocycles. The molecule has 4 aromatic rings. The molecule has 1 atom stereocenters. The summed E-state index contributed by atoms with van der Waals surface area (Å²) < 4.78 is 0. The first-order valence-electron chi connectivity index (χ1n) is 8.30. The number of H-pyrrole nitrogens is 1. The third kappa shape index (κ3) is 3.63. The molecule has 1 aromatic heterocycles. The van der Waals surface area contributed by atoms with Crippen molar-refractivity contribution in [3.8, 4) is 0 Å². The van der Waals surface area contributed by atoms with Crippen molar-refractivity contribution in [1.82, 2.24) is 10.2 Å². The molecule has 0 bridgehead atoms. The van der Waals surface area contributed by atoms with Gasteiger partial charge >= 0.3 is 0 Å². The molecule has 0 saturated carbocycles. The van der Waals surface area contributed by atoms with E-state index in [4.69, 9.17) is 0 Å². The maximum absolute atomic E-state index is 13.0. The van der Waals surface area contributed by atoms with Gasteiger partial charge in [-0.25, -0.2) is 0 Å². The molecule has 1 heterocycles. The fraction of sp³-hybridized carbons (Fsp3) is 0.0476. The minimum atomic E-state index is -0.335. The van der Waals surface area contributed by atoms with Crippen LogP contribution in [-0.4, -0.2) is 16.1 Å². The average Bonchev–Trinajstić information content (AvgIpc) is 3.15. The van der Waals surface area contributed by atoms with Crippen LogP contribution in [0.3, 0.4) is 0 Å². The van der Waals surface area contributed by atoms with E-state index in [0.717, 1.165) is 27.0 Å². The zero-order valence-electron chi connectivity index (χ0n) is 13.9. The number of carbonyl (C=O) groups is 1. The Morgan fingerprint density at radius 3 is 2.46 bits per heavy atom. The number of amides is 1. The lowest BCUT2D eigenvalue weighted by Crippen LogP contribution is -2.19. The highest BCUT2D eigenvalue weighted by molar-refractivity contribution is 8.00. The highest BCUT2D eigenvalue weighted by Crippen LogP contribution is 2.36. The Hall–Kier alpha value is -3.05. The zero-order chi connectivity index (χ0) is 17.8. The van der Waals surface area contributed by atoms with Crippen LogP contribution in [-0.2, 0) is 4.79 Å². The van der Waals surface area contributed by atoms with Gasteiger partial charge in [0.15, 0.2) is 0 Å². The summed E-state index contributed by atoms with van der Waals surface area (Å²) in [6.07, 6.45) is 1.75. The Kier molecular flexibility index (Phi) is 4.71. The van der Waals surface area contributed by atoms with Crippen LogP contribution < -0.4 is 5.32 Å². The number of thioether (sulfide) groups is 1. The van der Waals surface area contributed by atoms with E-state index in [1.807, 2.05) is 78.9 Å². The molecule has 1 unspecified atom stereocenters. The third-order valence-electron chi connectivity index (χ3n) is 4.05. The Morgan fingerprint density at radius 2 is 1.69 bits per heavy atom. The monoisotopic (exact) mass is 359 g/mol. The number of nitrogens with one attached hydrogen (secondary N) is 2. The van der Waals surface area contributed by atoms with E-state index in [1.165, 1.54) is 0 Å². The minimum absolute atomic E-state index is 0.0482. The Labute approximate surface area is 155 Å². The van der Waals surface area contributed by atoms with Crippen molar-refractivity contribution >= 4 is 34.3 Å². The molecule has 4 nitrogen and oxygen atoms in total. The molecule has 0 radical (unpaired) electrons. The van der Waals surface area contributed by atoms with Crippen LogP contribution in [0, 0.1) is 0 Å². The molecule has 0 spiro atoms. The normalized spacial score (nSPS) is 12.0. The average molecular weight is 359 g/mol. The summed E-state index contributed by atoms with van der Waals surface area (Å²) in [5.41, 5.74) is 2.68. The lowest BCUT2D eigenvalue weighted by molar-refractivity contribution is -0.115. The topological polar surface area (TPSA) is 57.8 Å². The van der Waals surface area contributed by atoms with Gasteiger partial charge < -0.3 is 5.32 Å². The SMILES string of the molecule is O=C(Nc1ccc2[nH]ncc2c1)C(Sc1ccccc1)c1ccccc1. The van der Waals surface area contributed by atoms with Crippen molar-refractivity contribution in [2.24, 2.45) is 0 Å². The molecule has 0 aliphatic carbocycles. The number of fused-ring (bicyclic) bond motifs is 1. The summed E-state index contributed by atoms with van der Waals surface area (Å²) in [4.78, 5) is 14.1. The third-order valence-corrected chi connectivity index (χ3v) is 5.31. The first kappa shape index (κ1) is 16.4. The van der Waals surface area contributed by atoms with Crippen LogP contribution in [0.5, 0.6) is 0 Å². The van der Waals surface area contributed by atoms with Crippen LogP contribution in [0.4, 0.5) is 5.69 Å². The van der Waals surface area contributed by atoms with Gasteiger partial charge in [-0.1, -0.05) is 48.5 Å². The first-order valence-corrected chi connectivity index (χ1v) is 9.18. The van der Waals surface area contributed by atoms with Gasteiger partial charge in [0.1, 0.15) is 5.25 Å². The fourth-order valence-electron chi connectivity index (χ4n) is 2.76. The smallest absolute Gasteiger partial charge is 0.242 e. The molecule has 1 amide bonds. The number of carbonyl (C=O) groups excluding carboxylic acids is 1. The summed E-state index contributed by atoms with van der Waals surface area (Å²) in [6, 6.07) is 25.5. The van der Waals surface area contributed by atoms with Crippen molar-refractivity contribution < 1.29 is 4.79 Å². The van der Waals surface area contributed by atoms with Crippen molar-refractivity contribution in [3.05, 3.63) is 90.6 Å². The summed E-state index contributed by atoms with van der Waals surface area (Å²) >= 11 is 1.54. The highest BCUT2D eigenvalue weighted by atomic mass is 32.2. The number of rotatable bonds is 5. The van der Waals surface area contributed by atoms with Gasteiger partial charge in [0.25, 0.3) is 0 Å². The zero-order valence-corrected chi connectivity index (χ0v) is 14.7. The van der Waals surface area contributed by atoms with Crippen molar-refractivity contribution in [1.29, 1.82) is 0 Å². The van der Waals surface area contributed by atoms with Gasteiger partial charge in [-0.2, -0.15) is 5.10 Å². The second-order valence-electron chi connectivity index (χ2n) is 5.88. The van der Waals surface area contributed by atoms with Crippen molar-refractivity contribution in [2.75, 3.05) is 5.32 Å². The van der Waals surface area contributed by atoms with Crippen LogP contribution in [0.1, 0.15) is 10.8 Å². The Morgan fingerprint density at radius 1 is 0.962 bits per heavy atom. The van der Waals surface area contributed by atoms with E-state index in [0.29, 0.717) is 0 Å². The molecule has 0 saturated heterocycles. The summed E-state index contributed by atoms with van der Waals surface area (Å²) in [7, 11) is 0. The largest absolute Gasteiger partial charge is 0.325 e. The number of aromatic nitrogens is 2. The summed E-state index contributed by atoms with van der Waals surface area (Å²) in [5, 5.41) is 10.6. The molecule has 4 rings (SSSR count). The highest BCUT2D eigenvalue weighted by Gasteiger charge is 2.22. The van der Waals surface area contributed by atoms with E-state index < -0.39 is 0 Å². The predicted octanol–water partition coefficient (Wildman–Crippen LogP) is 5.04. The van der Waals surface area contributed by atoms with Crippen molar-refractivity contribution in [3.63, 3.8) is 0 Å². The van der Waals surface area contributed by atoms with Gasteiger partial charge in [0.2, 0.25) is 5.91 Å². The van der Waals surface area contributed by atoms with Crippen LogP contribution in [0.15, 0.2) is 90.0 Å². The molecule has 0 aliphatic rings. The fourth-order valence-corrected chi connectivity index (χ4v) is 3.81. The van der Waals surface area contributed by atoms with E-state index in [1.54, 1.807) is 18.0 Å².